The lowest BCUT2D eigenvalue weighted by Gasteiger charge is -2.64. The first-order valence-corrected chi connectivity index (χ1v) is 13.3. The van der Waals surface area contributed by atoms with Crippen LogP contribution >= 0.6 is 12.2 Å². The summed E-state index contributed by atoms with van der Waals surface area (Å²) in [5.74, 6) is 0.547. The number of hydrogen-bond donors (Lipinski definition) is 2. The topological polar surface area (TPSA) is 85.6 Å². The Kier molecular flexibility index (Phi) is 5.77. The quantitative estimate of drug-likeness (QED) is 0.346. The summed E-state index contributed by atoms with van der Waals surface area (Å²) in [5, 5.41) is 25.7. The van der Waals surface area contributed by atoms with E-state index in [1.807, 2.05) is 43.5 Å². The molecule has 2 aromatic rings. The maximum Gasteiger partial charge on any atom is 0.227 e. The van der Waals surface area contributed by atoms with E-state index < -0.39 is 17.1 Å². The molecule has 5 atom stereocenters. The highest BCUT2D eigenvalue weighted by Gasteiger charge is 2.73. The molecule has 0 radical (unpaired) electrons. The van der Waals surface area contributed by atoms with Crippen molar-refractivity contribution in [2.75, 3.05) is 20.1 Å². The highest BCUT2D eigenvalue weighted by Crippen LogP contribution is 2.65. The van der Waals surface area contributed by atoms with E-state index in [2.05, 4.69) is 21.6 Å². The number of piperidine rings is 1. The largest absolute Gasteiger partial charge is 0.504 e. The third kappa shape index (κ3) is 3.36. The van der Waals surface area contributed by atoms with Crippen molar-refractivity contribution in [3.63, 3.8) is 0 Å². The molecule has 1 saturated heterocycles. The molecule has 2 aliphatic carbocycles. The lowest BCUT2D eigenvalue weighted by atomic mass is 9.48. The van der Waals surface area contributed by atoms with E-state index in [1.54, 1.807) is 11.0 Å². The minimum absolute atomic E-state index is 0.0317. The number of phenols is 1. The molecular weight excluding hydrogens is 486 g/mol. The maximum absolute atomic E-state index is 13.5. The number of benzene rings is 2. The van der Waals surface area contributed by atoms with Crippen LogP contribution in [0.1, 0.15) is 36.0 Å². The number of likely N-dealkylation sites (tertiary alicyclic amines) is 1. The summed E-state index contributed by atoms with van der Waals surface area (Å²) in [6, 6.07) is 10.8. The second-order valence-corrected chi connectivity index (χ2v) is 11.0. The van der Waals surface area contributed by atoms with Gasteiger partial charge in [0.1, 0.15) is 6.10 Å². The van der Waals surface area contributed by atoms with Crippen LogP contribution in [0.4, 0.5) is 5.69 Å². The van der Waals surface area contributed by atoms with E-state index in [-0.39, 0.29) is 30.2 Å². The standard InChI is InChI=1S/C29H31N3O4S/c1-3-12-32-13-11-28-25-19-7-8-22(33)26(25)36-27(28)21(9-10-29(28,35)23(32)16-19)31(2)24(34)15-18-5-4-6-20(14-18)30-17-37/h3-8,14,21,23,27,33,35H,1,9-13,15-16H2,2H3/t21-,23+,27-,28-,29+/m0/s1. The zero-order valence-corrected chi connectivity index (χ0v) is 21.7. The van der Waals surface area contributed by atoms with Crippen LogP contribution < -0.4 is 4.74 Å². The number of aliphatic imine (C=N–C) groups is 1. The van der Waals surface area contributed by atoms with Gasteiger partial charge in [-0.3, -0.25) is 9.69 Å². The molecule has 6 rings (SSSR count). The molecule has 2 heterocycles. The molecule has 2 N–H and O–H groups in total. The van der Waals surface area contributed by atoms with Gasteiger partial charge in [-0.25, -0.2) is 0 Å². The summed E-state index contributed by atoms with van der Waals surface area (Å²) >= 11 is 4.71. The number of carbonyl (C=O) groups excluding carboxylic acids is 1. The van der Waals surface area contributed by atoms with Gasteiger partial charge in [-0.15, -0.1) is 6.58 Å². The molecule has 4 aliphatic rings. The Labute approximate surface area is 222 Å². The van der Waals surface area contributed by atoms with Gasteiger partial charge in [0.05, 0.1) is 34.3 Å². The normalized spacial score (nSPS) is 31.0. The number of aliphatic hydroxyl groups is 1. The zero-order valence-electron chi connectivity index (χ0n) is 20.9. The van der Waals surface area contributed by atoms with Crippen LogP contribution in [0.2, 0.25) is 0 Å². The third-order valence-corrected chi connectivity index (χ3v) is 9.33. The molecule has 2 fully saturated rings. The number of likely N-dealkylation sites (N-methyl/N-ethyl adjacent to an activating group) is 1. The van der Waals surface area contributed by atoms with Crippen LogP contribution in [-0.4, -0.2) is 75.0 Å². The number of nitrogens with zero attached hydrogens (tertiary/aromatic N) is 3. The van der Waals surface area contributed by atoms with Crippen molar-refractivity contribution in [2.45, 2.75) is 61.3 Å². The molecular formula is C29H31N3O4S. The first-order chi connectivity index (χ1) is 17.8. The number of isothiocyanates is 1. The van der Waals surface area contributed by atoms with E-state index in [9.17, 15) is 15.0 Å². The van der Waals surface area contributed by atoms with Gasteiger partial charge in [0.2, 0.25) is 5.91 Å². The highest BCUT2D eigenvalue weighted by molar-refractivity contribution is 7.78. The van der Waals surface area contributed by atoms with Gasteiger partial charge >= 0.3 is 0 Å². The Morgan fingerprint density at radius 2 is 2.22 bits per heavy atom. The average Bonchev–Trinajstić information content (AvgIpc) is 3.23. The zero-order chi connectivity index (χ0) is 25.9. The van der Waals surface area contributed by atoms with Crippen LogP contribution in [0.15, 0.2) is 54.0 Å². The summed E-state index contributed by atoms with van der Waals surface area (Å²) in [7, 11) is 1.83. The third-order valence-electron chi connectivity index (χ3n) is 9.24. The van der Waals surface area contributed by atoms with Gasteiger partial charge < -0.3 is 19.8 Å². The first-order valence-electron chi connectivity index (χ1n) is 12.9. The highest BCUT2D eigenvalue weighted by atomic mass is 32.1. The number of phenolic OH excluding ortho intramolecular Hbond substituents is 1. The fourth-order valence-electron chi connectivity index (χ4n) is 7.66. The predicted octanol–water partition coefficient (Wildman–Crippen LogP) is 3.54. The van der Waals surface area contributed by atoms with E-state index in [0.29, 0.717) is 43.7 Å². The molecule has 192 valence electrons. The van der Waals surface area contributed by atoms with Gasteiger partial charge in [0, 0.05) is 25.2 Å². The Morgan fingerprint density at radius 3 is 3.00 bits per heavy atom. The second kappa shape index (κ2) is 8.77. The van der Waals surface area contributed by atoms with E-state index in [1.165, 1.54) is 0 Å². The summed E-state index contributed by atoms with van der Waals surface area (Å²) in [6.07, 6.45) is 4.23. The van der Waals surface area contributed by atoms with Crippen molar-refractivity contribution in [2.24, 2.45) is 4.99 Å². The van der Waals surface area contributed by atoms with Gasteiger partial charge in [-0.05, 0) is 73.8 Å². The number of amides is 1. The van der Waals surface area contributed by atoms with Crippen molar-refractivity contribution in [3.05, 3.63) is 65.7 Å². The molecule has 0 unspecified atom stereocenters. The van der Waals surface area contributed by atoms with Crippen molar-refractivity contribution < 1.29 is 19.7 Å². The average molecular weight is 518 g/mol. The Hall–Kier alpha value is -3.03. The van der Waals surface area contributed by atoms with Gasteiger partial charge in [-0.2, -0.15) is 4.99 Å². The number of carbonyl (C=O) groups is 1. The van der Waals surface area contributed by atoms with E-state index in [0.717, 1.165) is 23.2 Å². The minimum Gasteiger partial charge on any atom is -0.504 e. The van der Waals surface area contributed by atoms with Crippen LogP contribution in [0.3, 0.4) is 0 Å². The number of rotatable bonds is 6. The van der Waals surface area contributed by atoms with Crippen molar-refractivity contribution in [1.29, 1.82) is 0 Å². The Balaban J connectivity index is 1.37. The summed E-state index contributed by atoms with van der Waals surface area (Å²) in [6.45, 7) is 5.44. The van der Waals surface area contributed by atoms with E-state index >= 15 is 0 Å². The fraction of sp³-hybridized carbons (Fsp3) is 0.448. The fourth-order valence-corrected chi connectivity index (χ4v) is 7.76. The molecule has 2 bridgehead atoms. The smallest absolute Gasteiger partial charge is 0.227 e. The summed E-state index contributed by atoms with van der Waals surface area (Å²) in [5.41, 5.74) is 1.89. The molecule has 1 spiro atoms. The molecule has 2 aliphatic heterocycles. The number of aromatic hydroxyl groups is 1. The molecule has 0 aromatic heterocycles. The lowest BCUT2D eigenvalue weighted by Crippen LogP contribution is -2.78. The molecule has 1 amide bonds. The van der Waals surface area contributed by atoms with E-state index in [4.69, 9.17) is 17.0 Å². The molecule has 37 heavy (non-hydrogen) atoms. The Bertz CT molecular complexity index is 1340. The summed E-state index contributed by atoms with van der Waals surface area (Å²) < 4.78 is 6.58. The van der Waals surface area contributed by atoms with Crippen LogP contribution in [0, 0.1) is 0 Å². The molecule has 8 heteroatoms. The van der Waals surface area contributed by atoms with Gasteiger partial charge in [0.25, 0.3) is 0 Å². The molecule has 2 aromatic carbocycles. The monoisotopic (exact) mass is 517 g/mol. The predicted molar refractivity (Wildman–Crippen MR) is 144 cm³/mol. The van der Waals surface area contributed by atoms with Crippen molar-refractivity contribution in [1.82, 2.24) is 9.80 Å². The number of ether oxygens (including phenoxy) is 1. The van der Waals surface area contributed by atoms with Crippen molar-refractivity contribution in [3.8, 4) is 11.5 Å². The van der Waals surface area contributed by atoms with Crippen LogP contribution in [-0.2, 0) is 23.1 Å². The van der Waals surface area contributed by atoms with Gasteiger partial charge in [0.15, 0.2) is 11.5 Å². The minimum atomic E-state index is -1.02. The van der Waals surface area contributed by atoms with Crippen LogP contribution in [0.5, 0.6) is 11.5 Å². The SMILES string of the molecule is C=CCN1CC[C@]23c4c5ccc(O)c4O[C@H]2[C@@H](N(C)C(=O)Cc2cccc(N=C=S)c2)CC[C@@]3(O)[C@H]1C5. The summed E-state index contributed by atoms with van der Waals surface area (Å²) in [4.78, 5) is 21.7. The molecule has 7 nitrogen and oxygen atoms in total. The van der Waals surface area contributed by atoms with Gasteiger partial charge in [-0.1, -0.05) is 24.3 Å². The number of hydrogen-bond acceptors (Lipinski definition) is 7. The maximum atomic E-state index is 13.5. The van der Waals surface area contributed by atoms with Crippen LogP contribution in [0.25, 0.3) is 0 Å². The second-order valence-electron chi connectivity index (χ2n) is 10.8. The first kappa shape index (κ1) is 24.3. The van der Waals surface area contributed by atoms with Crippen molar-refractivity contribution >= 4 is 29.0 Å². The number of thiocarbonyl (C=S) groups is 1. The Morgan fingerprint density at radius 1 is 1.38 bits per heavy atom. The lowest BCUT2D eigenvalue weighted by molar-refractivity contribution is -0.198. The molecule has 1 saturated carbocycles.